The molecule has 0 atom stereocenters. The summed E-state index contributed by atoms with van der Waals surface area (Å²) < 4.78 is 17.1. The highest BCUT2D eigenvalue weighted by Gasteiger charge is 2.18. The Balaban J connectivity index is 1.73. The van der Waals surface area contributed by atoms with Crippen LogP contribution in [-0.2, 0) is 6.54 Å². The average Bonchev–Trinajstić information content (AvgIpc) is 3.21. The van der Waals surface area contributed by atoms with Gasteiger partial charge in [0.15, 0.2) is 11.5 Å². The molecule has 0 spiro atoms. The number of amides is 1. The molecule has 7 heteroatoms. The average molecular weight is 441 g/mol. The van der Waals surface area contributed by atoms with Gasteiger partial charge in [0.2, 0.25) is 5.75 Å². The highest BCUT2D eigenvalue weighted by atomic mass is 32.1. The molecule has 2 aromatic carbocycles. The number of hydrogen-bond acceptors (Lipinski definition) is 6. The van der Waals surface area contributed by atoms with E-state index in [2.05, 4.69) is 10.3 Å². The first kappa shape index (κ1) is 22.6. The molecular formula is C24H28N2O4S. The molecule has 6 nitrogen and oxygen atoms in total. The number of benzene rings is 2. The van der Waals surface area contributed by atoms with Crippen molar-refractivity contribution in [3.63, 3.8) is 0 Å². The first-order valence-corrected chi connectivity index (χ1v) is 11.3. The van der Waals surface area contributed by atoms with Crippen molar-refractivity contribution >= 4 is 17.2 Å². The zero-order chi connectivity index (χ0) is 22.2. The maximum absolute atomic E-state index is 12.8. The van der Waals surface area contributed by atoms with Crippen molar-refractivity contribution in [3.8, 4) is 28.5 Å². The van der Waals surface area contributed by atoms with Crippen LogP contribution in [0.3, 0.4) is 0 Å². The molecule has 0 bridgehead atoms. The first-order valence-electron chi connectivity index (χ1n) is 10.4. The summed E-state index contributed by atoms with van der Waals surface area (Å²) in [7, 11) is 0. The number of hydrogen-bond donors (Lipinski definition) is 1. The predicted molar refractivity (Wildman–Crippen MR) is 123 cm³/mol. The number of rotatable bonds is 10. The van der Waals surface area contributed by atoms with Crippen LogP contribution in [0.5, 0.6) is 17.2 Å². The Hall–Kier alpha value is -3.06. The standard InChI is InChI=1S/C24H28N2O4S/c1-5-28-21-12-19(13-22(29-6-2)23(21)30-7-3)24(27)25-14-17-8-10-18(11-9-17)20-15-31-16(4)26-20/h8-13,15H,5-7,14H2,1-4H3,(H,25,27). The van der Waals surface area contributed by atoms with Crippen LogP contribution in [0, 0.1) is 6.92 Å². The molecule has 164 valence electrons. The molecule has 1 heterocycles. The van der Waals surface area contributed by atoms with E-state index in [0.29, 0.717) is 49.2 Å². The molecule has 31 heavy (non-hydrogen) atoms. The van der Waals surface area contributed by atoms with Crippen molar-refractivity contribution in [2.75, 3.05) is 19.8 Å². The van der Waals surface area contributed by atoms with Gasteiger partial charge in [0, 0.05) is 23.1 Å². The molecule has 0 unspecified atom stereocenters. The van der Waals surface area contributed by atoms with Crippen molar-refractivity contribution in [3.05, 3.63) is 57.9 Å². The minimum Gasteiger partial charge on any atom is -0.490 e. The van der Waals surface area contributed by atoms with E-state index >= 15 is 0 Å². The fourth-order valence-electron chi connectivity index (χ4n) is 3.09. The molecule has 3 aromatic rings. The molecule has 1 aromatic heterocycles. The monoisotopic (exact) mass is 440 g/mol. The largest absolute Gasteiger partial charge is 0.490 e. The Morgan fingerprint density at radius 3 is 2.10 bits per heavy atom. The lowest BCUT2D eigenvalue weighted by Gasteiger charge is -2.17. The van der Waals surface area contributed by atoms with Crippen LogP contribution in [0.4, 0.5) is 0 Å². The Kier molecular flexibility index (Phi) is 7.89. The topological polar surface area (TPSA) is 69.7 Å². The van der Waals surface area contributed by atoms with Crippen LogP contribution >= 0.6 is 11.3 Å². The van der Waals surface area contributed by atoms with E-state index in [9.17, 15) is 4.79 Å². The summed E-state index contributed by atoms with van der Waals surface area (Å²) in [4.78, 5) is 17.3. The highest BCUT2D eigenvalue weighted by molar-refractivity contribution is 7.09. The fraction of sp³-hybridized carbons (Fsp3) is 0.333. The normalized spacial score (nSPS) is 10.6. The van der Waals surface area contributed by atoms with Gasteiger partial charge >= 0.3 is 0 Å². The third kappa shape index (κ3) is 5.76. The molecule has 0 fully saturated rings. The Labute approximate surface area is 187 Å². The summed E-state index contributed by atoms with van der Waals surface area (Å²) in [6.45, 7) is 9.47. The van der Waals surface area contributed by atoms with Crippen LogP contribution < -0.4 is 19.5 Å². The van der Waals surface area contributed by atoms with Gasteiger partial charge in [0.25, 0.3) is 5.91 Å². The molecule has 1 N–H and O–H groups in total. The van der Waals surface area contributed by atoms with Crippen molar-refractivity contribution in [1.82, 2.24) is 10.3 Å². The van der Waals surface area contributed by atoms with E-state index in [4.69, 9.17) is 14.2 Å². The lowest BCUT2D eigenvalue weighted by molar-refractivity contribution is 0.0949. The number of carbonyl (C=O) groups is 1. The van der Waals surface area contributed by atoms with E-state index in [-0.39, 0.29) is 5.91 Å². The molecule has 0 aliphatic rings. The van der Waals surface area contributed by atoms with Crippen LogP contribution in [0.15, 0.2) is 41.8 Å². The maximum Gasteiger partial charge on any atom is 0.251 e. The lowest BCUT2D eigenvalue weighted by atomic mass is 10.1. The van der Waals surface area contributed by atoms with Crippen molar-refractivity contribution in [2.45, 2.75) is 34.2 Å². The number of nitrogens with zero attached hydrogens (tertiary/aromatic N) is 1. The van der Waals surface area contributed by atoms with Gasteiger partial charge in [-0.25, -0.2) is 4.98 Å². The number of aromatic nitrogens is 1. The van der Waals surface area contributed by atoms with E-state index < -0.39 is 0 Å². The molecule has 0 aliphatic carbocycles. The van der Waals surface area contributed by atoms with E-state index in [1.165, 1.54) is 0 Å². The Bertz CT molecular complexity index is 988. The highest BCUT2D eigenvalue weighted by Crippen LogP contribution is 2.39. The summed E-state index contributed by atoms with van der Waals surface area (Å²) in [6.07, 6.45) is 0. The molecule has 3 rings (SSSR count). The Morgan fingerprint density at radius 1 is 0.968 bits per heavy atom. The number of thiazole rings is 1. The van der Waals surface area contributed by atoms with Crippen LogP contribution in [-0.4, -0.2) is 30.7 Å². The number of nitrogens with one attached hydrogen (secondary N) is 1. The van der Waals surface area contributed by atoms with Gasteiger partial charge in [0.1, 0.15) is 0 Å². The van der Waals surface area contributed by atoms with Crippen molar-refractivity contribution < 1.29 is 19.0 Å². The van der Waals surface area contributed by atoms with Crippen molar-refractivity contribution in [1.29, 1.82) is 0 Å². The van der Waals surface area contributed by atoms with Crippen LogP contribution in [0.25, 0.3) is 11.3 Å². The summed E-state index contributed by atoms with van der Waals surface area (Å²) >= 11 is 1.63. The maximum atomic E-state index is 12.8. The molecule has 0 radical (unpaired) electrons. The van der Waals surface area contributed by atoms with Gasteiger partial charge in [-0.3, -0.25) is 4.79 Å². The number of aryl methyl sites for hydroxylation is 1. The van der Waals surface area contributed by atoms with Gasteiger partial charge in [-0.1, -0.05) is 24.3 Å². The van der Waals surface area contributed by atoms with Gasteiger partial charge in [-0.2, -0.15) is 0 Å². The zero-order valence-electron chi connectivity index (χ0n) is 18.4. The molecular weight excluding hydrogens is 412 g/mol. The summed E-state index contributed by atoms with van der Waals surface area (Å²) in [5, 5.41) is 6.05. The number of ether oxygens (including phenoxy) is 3. The first-order chi connectivity index (χ1) is 15.0. The minimum atomic E-state index is -0.204. The lowest BCUT2D eigenvalue weighted by Crippen LogP contribution is -2.23. The smallest absolute Gasteiger partial charge is 0.251 e. The van der Waals surface area contributed by atoms with Crippen molar-refractivity contribution in [2.24, 2.45) is 0 Å². The van der Waals surface area contributed by atoms with E-state index in [0.717, 1.165) is 21.8 Å². The van der Waals surface area contributed by atoms with Gasteiger partial charge in [-0.05, 0) is 45.4 Å². The molecule has 0 saturated carbocycles. The second kappa shape index (κ2) is 10.8. The third-order valence-corrected chi connectivity index (χ3v) is 5.27. The zero-order valence-corrected chi connectivity index (χ0v) is 19.2. The summed E-state index contributed by atoms with van der Waals surface area (Å²) in [5.41, 5.74) is 3.50. The Morgan fingerprint density at radius 2 is 1.58 bits per heavy atom. The van der Waals surface area contributed by atoms with Gasteiger partial charge in [0.05, 0.1) is 30.5 Å². The van der Waals surface area contributed by atoms with Gasteiger partial charge < -0.3 is 19.5 Å². The van der Waals surface area contributed by atoms with E-state index in [1.807, 2.05) is 57.3 Å². The van der Waals surface area contributed by atoms with Crippen LogP contribution in [0.1, 0.15) is 41.7 Å². The second-order valence-electron chi connectivity index (χ2n) is 6.73. The predicted octanol–water partition coefficient (Wildman–Crippen LogP) is 5.24. The third-order valence-electron chi connectivity index (χ3n) is 4.49. The number of carbonyl (C=O) groups excluding carboxylic acids is 1. The second-order valence-corrected chi connectivity index (χ2v) is 7.79. The SMILES string of the molecule is CCOc1cc(C(=O)NCc2ccc(-c3csc(C)n3)cc2)cc(OCC)c1OCC. The summed E-state index contributed by atoms with van der Waals surface area (Å²) in [5.74, 6) is 1.33. The molecule has 0 aliphatic heterocycles. The molecule has 0 saturated heterocycles. The summed E-state index contributed by atoms with van der Waals surface area (Å²) in [6, 6.07) is 11.4. The quantitative estimate of drug-likeness (QED) is 0.467. The fourth-order valence-corrected chi connectivity index (χ4v) is 3.72. The van der Waals surface area contributed by atoms with E-state index in [1.54, 1.807) is 23.5 Å². The van der Waals surface area contributed by atoms with Gasteiger partial charge in [-0.15, -0.1) is 11.3 Å². The minimum absolute atomic E-state index is 0.204. The van der Waals surface area contributed by atoms with Crippen LogP contribution in [0.2, 0.25) is 0 Å². The molecule has 1 amide bonds.